The minimum atomic E-state index is 0.623. The third kappa shape index (κ3) is 5.70. The van der Waals surface area contributed by atoms with E-state index in [9.17, 15) is 0 Å². The van der Waals surface area contributed by atoms with Gasteiger partial charge < -0.3 is 5.73 Å². The predicted molar refractivity (Wildman–Crippen MR) is 198 cm³/mol. The molecule has 0 unspecified atom stereocenters. The molecule has 4 aromatic heterocycles. The standard InChI is InChI=1S/C43H31N5/c1-2-36(44)42-26-35(27-43(48-42)41-13-6-7-22-45-41)29-11-8-12-32(23-29)38-21-17-34-25-31(15-19-40(34)47-38)30-14-18-39-33(24-30)16-20-37(46-39)28-9-4-3-5-10-28/h2-27H,44H2,1H3/b36-2-. The van der Waals surface area contributed by atoms with Crippen LogP contribution in [0.15, 0.2) is 158 Å². The van der Waals surface area contributed by atoms with Crippen molar-refractivity contribution in [3.63, 3.8) is 0 Å². The zero-order chi connectivity index (χ0) is 32.5. The Kier molecular flexibility index (Phi) is 7.48. The summed E-state index contributed by atoms with van der Waals surface area (Å²) in [4.78, 5) is 19.3. The molecule has 8 aromatic rings. The van der Waals surface area contributed by atoms with E-state index in [1.807, 2.05) is 55.5 Å². The Balaban J connectivity index is 1.10. The first-order valence-corrected chi connectivity index (χ1v) is 16.0. The molecule has 0 saturated carbocycles. The SMILES string of the molecule is C/C=C(\N)c1cc(-c2cccc(-c3ccc4cc(-c5ccc6nc(-c7ccccc7)ccc6c5)ccc4n3)c2)cc(-c2ccccn2)n1. The van der Waals surface area contributed by atoms with Gasteiger partial charge in [0.05, 0.1) is 45.2 Å². The maximum absolute atomic E-state index is 6.32. The minimum absolute atomic E-state index is 0.623. The number of fused-ring (bicyclic) bond motifs is 2. The van der Waals surface area contributed by atoms with Gasteiger partial charge in [0.25, 0.3) is 0 Å². The molecule has 0 aliphatic heterocycles. The van der Waals surface area contributed by atoms with E-state index < -0.39 is 0 Å². The third-order valence-electron chi connectivity index (χ3n) is 8.63. The molecular weight excluding hydrogens is 587 g/mol. The van der Waals surface area contributed by atoms with E-state index in [-0.39, 0.29) is 0 Å². The number of allylic oxidation sites excluding steroid dienone is 1. The van der Waals surface area contributed by atoms with Gasteiger partial charge in [-0.1, -0.05) is 84.9 Å². The Bertz CT molecular complexity index is 2470. The van der Waals surface area contributed by atoms with Gasteiger partial charge in [0.1, 0.15) is 0 Å². The second-order valence-electron chi connectivity index (χ2n) is 11.7. The molecule has 0 spiro atoms. The summed E-state index contributed by atoms with van der Waals surface area (Å²) in [6.07, 6.45) is 3.64. The first kappa shape index (κ1) is 29.0. The minimum Gasteiger partial charge on any atom is -0.397 e. The summed E-state index contributed by atoms with van der Waals surface area (Å²) in [6, 6.07) is 50.0. The fourth-order valence-corrected chi connectivity index (χ4v) is 6.04. The molecule has 0 radical (unpaired) electrons. The normalized spacial score (nSPS) is 11.6. The van der Waals surface area contributed by atoms with Crippen LogP contribution in [0.25, 0.3) is 83.7 Å². The Morgan fingerprint density at radius 1 is 0.458 bits per heavy atom. The van der Waals surface area contributed by atoms with Gasteiger partial charge in [0, 0.05) is 28.1 Å². The van der Waals surface area contributed by atoms with Gasteiger partial charge in [-0.2, -0.15) is 0 Å². The third-order valence-corrected chi connectivity index (χ3v) is 8.63. The van der Waals surface area contributed by atoms with E-state index in [4.69, 9.17) is 20.7 Å². The van der Waals surface area contributed by atoms with Crippen molar-refractivity contribution in [2.24, 2.45) is 5.73 Å². The molecule has 5 heteroatoms. The number of rotatable bonds is 6. The number of hydrogen-bond donors (Lipinski definition) is 1. The maximum atomic E-state index is 6.32. The van der Waals surface area contributed by atoms with Crippen molar-refractivity contribution in [1.82, 2.24) is 19.9 Å². The van der Waals surface area contributed by atoms with E-state index in [2.05, 4.69) is 108 Å². The van der Waals surface area contributed by atoms with Crippen molar-refractivity contribution in [1.29, 1.82) is 0 Å². The lowest BCUT2D eigenvalue weighted by molar-refractivity contribution is 1.21. The summed E-state index contributed by atoms with van der Waals surface area (Å²) in [6.45, 7) is 1.92. The van der Waals surface area contributed by atoms with Crippen molar-refractivity contribution in [2.75, 3.05) is 0 Å². The molecule has 8 rings (SSSR count). The summed E-state index contributed by atoms with van der Waals surface area (Å²) in [5.41, 5.74) is 19.6. The monoisotopic (exact) mass is 617 g/mol. The summed E-state index contributed by atoms with van der Waals surface area (Å²) < 4.78 is 0. The molecule has 4 heterocycles. The van der Waals surface area contributed by atoms with Crippen molar-refractivity contribution in [3.8, 4) is 56.2 Å². The van der Waals surface area contributed by atoms with Crippen molar-refractivity contribution >= 4 is 27.5 Å². The Hall–Kier alpha value is -6.46. The second-order valence-corrected chi connectivity index (χ2v) is 11.7. The number of hydrogen-bond acceptors (Lipinski definition) is 5. The largest absolute Gasteiger partial charge is 0.397 e. The lowest BCUT2D eigenvalue weighted by Crippen LogP contribution is -2.01. The lowest BCUT2D eigenvalue weighted by atomic mass is 9.98. The summed E-state index contributed by atoms with van der Waals surface area (Å²) in [7, 11) is 0. The Morgan fingerprint density at radius 3 is 1.75 bits per heavy atom. The summed E-state index contributed by atoms with van der Waals surface area (Å²) in [5, 5.41) is 2.20. The highest BCUT2D eigenvalue weighted by atomic mass is 14.8. The topological polar surface area (TPSA) is 77.6 Å². The van der Waals surface area contributed by atoms with E-state index in [0.717, 1.165) is 83.7 Å². The summed E-state index contributed by atoms with van der Waals surface area (Å²) >= 11 is 0. The van der Waals surface area contributed by atoms with Gasteiger partial charge in [-0.25, -0.2) is 15.0 Å². The van der Waals surface area contributed by atoms with Gasteiger partial charge in [-0.15, -0.1) is 0 Å². The fourth-order valence-electron chi connectivity index (χ4n) is 6.04. The van der Waals surface area contributed by atoms with Crippen molar-refractivity contribution < 1.29 is 0 Å². The smallest absolute Gasteiger partial charge is 0.0900 e. The Labute approximate surface area is 279 Å². The molecule has 0 saturated heterocycles. The molecule has 0 aliphatic carbocycles. The van der Waals surface area contributed by atoms with Crippen LogP contribution < -0.4 is 5.73 Å². The van der Waals surface area contributed by atoms with Crippen LogP contribution in [0.5, 0.6) is 0 Å². The van der Waals surface area contributed by atoms with Crippen LogP contribution in [0, 0.1) is 0 Å². The quantitative estimate of drug-likeness (QED) is 0.201. The molecule has 228 valence electrons. The first-order chi connectivity index (χ1) is 23.6. The summed E-state index contributed by atoms with van der Waals surface area (Å²) in [5.74, 6) is 0. The maximum Gasteiger partial charge on any atom is 0.0900 e. The van der Waals surface area contributed by atoms with Crippen molar-refractivity contribution in [2.45, 2.75) is 6.92 Å². The molecule has 4 aromatic carbocycles. The van der Waals surface area contributed by atoms with Gasteiger partial charge in [-0.3, -0.25) is 4.98 Å². The van der Waals surface area contributed by atoms with Crippen LogP contribution in [0.3, 0.4) is 0 Å². The molecule has 0 amide bonds. The highest BCUT2D eigenvalue weighted by molar-refractivity contribution is 5.90. The van der Waals surface area contributed by atoms with Crippen LogP contribution >= 0.6 is 0 Å². The van der Waals surface area contributed by atoms with Crippen LogP contribution in [0.4, 0.5) is 0 Å². The average Bonchev–Trinajstić information content (AvgIpc) is 3.17. The van der Waals surface area contributed by atoms with Crippen LogP contribution in [0.1, 0.15) is 12.6 Å². The highest BCUT2D eigenvalue weighted by Gasteiger charge is 2.12. The number of aromatic nitrogens is 4. The lowest BCUT2D eigenvalue weighted by Gasteiger charge is -2.11. The zero-order valence-electron chi connectivity index (χ0n) is 26.4. The van der Waals surface area contributed by atoms with E-state index in [1.54, 1.807) is 6.20 Å². The van der Waals surface area contributed by atoms with E-state index >= 15 is 0 Å². The predicted octanol–water partition coefficient (Wildman–Crippen LogP) is 10.2. The zero-order valence-corrected chi connectivity index (χ0v) is 26.4. The number of benzene rings is 4. The highest BCUT2D eigenvalue weighted by Crippen LogP contribution is 2.32. The number of nitrogens with zero attached hydrogens (tertiary/aromatic N) is 4. The first-order valence-electron chi connectivity index (χ1n) is 16.0. The fraction of sp³-hybridized carbons (Fsp3) is 0.0233. The van der Waals surface area contributed by atoms with Crippen LogP contribution in [-0.4, -0.2) is 19.9 Å². The van der Waals surface area contributed by atoms with Gasteiger partial charge in [0.15, 0.2) is 0 Å². The average molecular weight is 618 g/mol. The van der Waals surface area contributed by atoms with E-state index in [1.165, 1.54) is 0 Å². The van der Waals surface area contributed by atoms with Gasteiger partial charge in [-0.05, 0) is 95.9 Å². The molecule has 5 nitrogen and oxygen atoms in total. The van der Waals surface area contributed by atoms with Gasteiger partial charge >= 0.3 is 0 Å². The molecule has 48 heavy (non-hydrogen) atoms. The molecule has 0 bridgehead atoms. The van der Waals surface area contributed by atoms with Crippen molar-refractivity contribution in [3.05, 3.63) is 164 Å². The molecule has 0 fully saturated rings. The second kappa shape index (κ2) is 12.4. The number of pyridine rings is 4. The Morgan fingerprint density at radius 2 is 1.08 bits per heavy atom. The molecule has 0 atom stereocenters. The molecular formula is C43H31N5. The van der Waals surface area contributed by atoms with Gasteiger partial charge in [0.2, 0.25) is 0 Å². The molecule has 0 aliphatic rings. The number of nitrogens with two attached hydrogens (primary N) is 1. The molecule has 2 N–H and O–H groups in total. The van der Waals surface area contributed by atoms with Crippen LogP contribution in [-0.2, 0) is 0 Å². The van der Waals surface area contributed by atoms with Crippen LogP contribution in [0.2, 0.25) is 0 Å². The van der Waals surface area contributed by atoms with E-state index in [0.29, 0.717) is 5.70 Å².